The van der Waals surface area contributed by atoms with Gasteiger partial charge in [-0.1, -0.05) is 6.42 Å². The zero-order chi connectivity index (χ0) is 14.8. The van der Waals surface area contributed by atoms with Gasteiger partial charge in [-0.2, -0.15) is 0 Å². The van der Waals surface area contributed by atoms with E-state index in [0.717, 1.165) is 12.8 Å². The van der Waals surface area contributed by atoms with Gasteiger partial charge in [0.05, 0.1) is 19.8 Å². The predicted molar refractivity (Wildman–Crippen MR) is 81.2 cm³/mol. The van der Waals surface area contributed by atoms with Crippen molar-refractivity contribution in [3.05, 3.63) is 23.8 Å². The Bertz CT molecular complexity index is 517. The van der Waals surface area contributed by atoms with Gasteiger partial charge >= 0.3 is 0 Å². The van der Waals surface area contributed by atoms with Crippen LogP contribution in [-0.4, -0.2) is 32.1 Å². The maximum Gasteiger partial charge on any atom is 0.169 e. The Kier molecular flexibility index (Phi) is 4.15. The molecule has 1 N–H and O–H groups in total. The molecule has 0 aliphatic carbocycles. The van der Waals surface area contributed by atoms with E-state index in [9.17, 15) is 4.79 Å². The van der Waals surface area contributed by atoms with Crippen molar-refractivity contribution in [1.82, 2.24) is 5.32 Å². The Morgan fingerprint density at radius 3 is 2.48 bits per heavy atom. The van der Waals surface area contributed by atoms with Crippen LogP contribution in [0.2, 0.25) is 0 Å². The van der Waals surface area contributed by atoms with Crippen molar-refractivity contribution in [1.29, 1.82) is 0 Å². The summed E-state index contributed by atoms with van der Waals surface area (Å²) in [5.41, 5.74) is 0.654. The Morgan fingerprint density at radius 2 is 1.86 bits per heavy atom. The van der Waals surface area contributed by atoms with Crippen LogP contribution in [0.15, 0.2) is 18.2 Å². The molecule has 2 atom stereocenters. The molecule has 4 nitrogen and oxygen atoms in total. The van der Waals surface area contributed by atoms with Crippen molar-refractivity contribution in [2.75, 3.05) is 14.2 Å². The van der Waals surface area contributed by atoms with E-state index < -0.39 is 0 Å². The standard InChI is InChI=1S/C17H23NO3/c1-20-14-6-7-16(21-2)15(10-14)17(19)11-8-12-4-3-5-13(9-11)18-12/h6-7,10-13,18H,3-5,8-9H2,1-2H3. The quantitative estimate of drug-likeness (QED) is 0.866. The molecule has 2 bridgehead atoms. The van der Waals surface area contributed by atoms with E-state index in [1.54, 1.807) is 20.3 Å². The van der Waals surface area contributed by atoms with Crippen LogP contribution in [0.4, 0.5) is 0 Å². The molecule has 21 heavy (non-hydrogen) atoms. The number of hydrogen-bond acceptors (Lipinski definition) is 4. The first kappa shape index (κ1) is 14.4. The predicted octanol–water partition coefficient (Wildman–Crippen LogP) is 2.81. The van der Waals surface area contributed by atoms with Crippen LogP contribution in [0.25, 0.3) is 0 Å². The number of carbonyl (C=O) groups excluding carboxylic acids is 1. The number of benzene rings is 1. The SMILES string of the molecule is COc1ccc(OC)c(C(=O)C2CC3CCCC(C2)N3)c1. The highest BCUT2D eigenvalue weighted by Crippen LogP contribution is 2.34. The maximum atomic E-state index is 12.9. The molecule has 2 fully saturated rings. The monoisotopic (exact) mass is 289 g/mol. The molecule has 0 radical (unpaired) electrons. The van der Waals surface area contributed by atoms with Gasteiger partial charge in [-0.05, 0) is 43.9 Å². The molecule has 2 unspecified atom stereocenters. The molecule has 114 valence electrons. The molecule has 2 aliphatic heterocycles. The molecule has 3 rings (SSSR count). The molecule has 1 aromatic rings. The Morgan fingerprint density at radius 1 is 1.14 bits per heavy atom. The van der Waals surface area contributed by atoms with E-state index in [1.807, 2.05) is 12.1 Å². The number of rotatable bonds is 4. The lowest BCUT2D eigenvalue weighted by atomic mass is 9.77. The summed E-state index contributed by atoms with van der Waals surface area (Å²) in [6.45, 7) is 0. The first-order valence-electron chi connectivity index (χ1n) is 7.73. The van der Waals surface area contributed by atoms with Gasteiger partial charge in [0.1, 0.15) is 11.5 Å². The molecule has 1 aromatic carbocycles. The highest BCUT2D eigenvalue weighted by molar-refractivity contribution is 6.00. The molecule has 2 aliphatic rings. The molecular weight excluding hydrogens is 266 g/mol. The van der Waals surface area contributed by atoms with Crippen molar-refractivity contribution in [3.63, 3.8) is 0 Å². The van der Waals surface area contributed by atoms with Gasteiger partial charge in [0.25, 0.3) is 0 Å². The molecule has 2 saturated heterocycles. The maximum absolute atomic E-state index is 12.9. The molecule has 0 aromatic heterocycles. The smallest absolute Gasteiger partial charge is 0.169 e. The number of carbonyl (C=O) groups is 1. The molecule has 4 heteroatoms. The molecule has 0 spiro atoms. The van der Waals surface area contributed by atoms with Crippen LogP contribution in [0.3, 0.4) is 0 Å². The second-order valence-corrected chi connectivity index (χ2v) is 6.09. The summed E-state index contributed by atoms with van der Waals surface area (Å²) >= 11 is 0. The minimum absolute atomic E-state index is 0.0996. The minimum atomic E-state index is 0.0996. The lowest BCUT2D eigenvalue weighted by molar-refractivity contribution is 0.0821. The van der Waals surface area contributed by atoms with Gasteiger partial charge < -0.3 is 14.8 Å². The van der Waals surface area contributed by atoms with Gasteiger partial charge in [0, 0.05) is 18.0 Å². The van der Waals surface area contributed by atoms with Crippen molar-refractivity contribution in [2.24, 2.45) is 5.92 Å². The topological polar surface area (TPSA) is 47.6 Å². The van der Waals surface area contributed by atoms with E-state index in [2.05, 4.69) is 5.32 Å². The summed E-state index contributed by atoms with van der Waals surface area (Å²) in [5.74, 6) is 1.64. The summed E-state index contributed by atoms with van der Waals surface area (Å²) in [6.07, 6.45) is 5.54. The number of methoxy groups -OCH3 is 2. The second kappa shape index (κ2) is 6.06. The first-order chi connectivity index (χ1) is 10.2. The lowest BCUT2D eigenvalue weighted by Gasteiger charge is -2.39. The van der Waals surface area contributed by atoms with Crippen molar-refractivity contribution in [2.45, 2.75) is 44.2 Å². The van der Waals surface area contributed by atoms with Crippen LogP contribution in [0.1, 0.15) is 42.5 Å². The third-order valence-corrected chi connectivity index (χ3v) is 4.76. The fourth-order valence-corrected chi connectivity index (χ4v) is 3.71. The van der Waals surface area contributed by atoms with Crippen molar-refractivity contribution < 1.29 is 14.3 Å². The number of piperidine rings is 2. The number of ketones is 1. The zero-order valence-corrected chi connectivity index (χ0v) is 12.7. The van der Waals surface area contributed by atoms with Gasteiger partial charge in [-0.15, -0.1) is 0 Å². The average molecular weight is 289 g/mol. The number of hydrogen-bond donors (Lipinski definition) is 1. The molecule has 0 amide bonds. The van der Waals surface area contributed by atoms with Gasteiger partial charge in [0.2, 0.25) is 0 Å². The van der Waals surface area contributed by atoms with Crippen molar-refractivity contribution >= 4 is 5.78 Å². The van der Waals surface area contributed by atoms with Gasteiger partial charge in [-0.25, -0.2) is 0 Å². The van der Waals surface area contributed by atoms with E-state index in [1.165, 1.54) is 19.3 Å². The van der Waals surface area contributed by atoms with Crippen LogP contribution in [0, 0.1) is 5.92 Å². The van der Waals surface area contributed by atoms with E-state index in [4.69, 9.17) is 9.47 Å². The summed E-state index contributed by atoms with van der Waals surface area (Å²) in [5, 5.41) is 3.63. The Balaban J connectivity index is 1.84. The van der Waals surface area contributed by atoms with E-state index in [-0.39, 0.29) is 11.7 Å². The van der Waals surface area contributed by atoms with Gasteiger partial charge in [0.15, 0.2) is 5.78 Å². The molecular formula is C17H23NO3. The minimum Gasteiger partial charge on any atom is -0.497 e. The second-order valence-electron chi connectivity index (χ2n) is 6.09. The summed E-state index contributed by atoms with van der Waals surface area (Å²) in [4.78, 5) is 12.9. The number of ether oxygens (including phenoxy) is 2. The van der Waals surface area contributed by atoms with Gasteiger partial charge in [-0.3, -0.25) is 4.79 Å². The summed E-state index contributed by atoms with van der Waals surface area (Å²) in [6, 6.07) is 6.45. The lowest BCUT2D eigenvalue weighted by Crippen LogP contribution is -2.50. The average Bonchev–Trinajstić information content (AvgIpc) is 2.53. The van der Waals surface area contributed by atoms with Crippen LogP contribution in [0.5, 0.6) is 11.5 Å². The van der Waals surface area contributed by atoms with E-state index in [0.29, 0.717) is 29.1 Å². The number of Topliss-reactive ketones (excluding diaryl/α,β-unsaturated/α-hetero) is 1. The number of nitrogens with one attached hydrogen (secondary N) is 1. The number of fused-ring (bicyclic) bond motifs is 2. The van der Waals surface area contributed by atoms with Crippen LogP contribution in [-0.2, 0) is 0 Å². The highest BCUT2D eigenvalue weighted by atomic mass is 16.5. The fourth-order valence-electron chi connectivity index (χ4n) is 3.71. The van der Waals surface area contributed by atoms with Crippen LogP contribution < -0.4 is 14.8 Å². The highest BCUT2D eigenvalue weighted by Gasteiger charge is 2.35. The van der Waals surface area contributed by atoms with Crippen LogP contribution >= 0.6 is 0 Å². The third-order valence-electron chi connectivity index (χ3n) is 4.76. The van der Waals surface area contributed by atoms with E-state index >= 15 is 0 Å². The third kappa shape index (κ3) is 2.91. The summed E-state index contributed by atoms with van der Waals surface area (Å²) in [7, 11) is 3.22. The molecule has 2 heterocycles. The van der Waals surface area contributed by atoms with Crippen molar-refractivity contribution in [3.8, 4) is 11.5 Å². The molecule has 0 saturated carbocycles. The Labute approximate surface area is 125 Å². The largest absolute Gasteiger partial charge is 0.497 e. The normalized spacial score (nSPS) is 28.0. The zero-order valence-electron chi connectivity index (χ0n) is 12.7. The fraction of sp³-hybridized carbons (Fsp3) is 0.588. The Hall–Kier alpha value is -1.55. The summed E-state index contributed by atoms with van der Waals surface area (Å²) < 4.78 is 10.6. The first-order valence-corrected chi connectivity index (χ1v) is 7.73.